The lowest BCUT2D eigenvalue weighted by Crippen LogP contribution is -2.15. The smallest absolute Gasteiger partial charge is 0.433 e. The molecule has 0 aromatic carbocycles. The molecule has 0 aliphatic carbocycles. The number of carboxylic acid groups (broad SMARTS) is 1. The maximum absolute atomic E-state index is 10.3. The number of unbranched alkanes of at least 4 members (excludes halogenated alkanes) is 1. The van der Waals surface area contributed by atoms with E-state index in [0.717, 1.165) is 0 Å². The number of carbonyl (C=O) groups is 1. The molecule has 0 atom stereocenters. The average Bonchev–Trinajstić information content (AvgIpc) is 2.72. The molecule has 1 heterocycles. The summed E-state index contributed by atoms with van der Waals surface area (Å²) in [5.41, 5.74) is 5.73. The number of amides is 1. The largest absolute Gasteiger partial charge is 0.463 e. The van der Waals surface area contributed by atoms with Gasteiger partial charge in [-0.25, -0.2) is 9.78 Å². The van der Waals surface area contributed by atoms with E-state index >= 15 is 0 Å². The minimum absolute atomic E-state index is 0.107. The van der Waals surface area contributed by atoms with E-state index in [1.807, 2.05) is 0 Å². The Morgan fingerprint density at radius 2 is 2.41 bits per heavy atom. The molecular formula is C10H11N3O3S. The van der Waals surface area contributed by atoms with Gasteiger partial charge in [0.05, 0.1) is 0 Å². The normalized spacial score (nSPS) is 10.8. The molecule has 90 valence electrons. The van der Waals surface area contributed by atoms with E-state index in [1.54, 1.807) is 5.38 Å². The lowest BCUT2D eigenvalue weighted by Gasteiger charge is -1.90. The highest BCUT2D eigenvalue weighted by Gasteiger charge is 2.05. The molecule has 0 unspecified atom stereocenters. The van der Waals surface area contributed by atoms with E-state index in [9.17, 15) is 4.79 Å². The van der Waals surface area contributed by atoms with Crippen molar-refractivity contribution in [2.24, 2.45) is 10.7 Å². The van der Waals surface area contributed by atoms with Crippen LogP contribution in [0.5, 0.6) is 0 Å². The van der Waals surface area contributed by atoms with Crippen LogP contribution in [0.15, 0.2) is 10.4 Å². The number of rotatable bonds is 3. The van der Waals surface area contributed by atoms with E-state index < -0.39 is 6.09 Å². The molecule has 7 heteroatoms. The zero-order valence-electron chi connectivity index (χ0n) is 8.88. The van der Waals surface area contributed by atoms with E-state index in [-0.39, 0.29) is 12.4 Å². The topological polar surface area (TPSA) is 109 Å². The van der Waals surface area contributed by atoms with Gasteiger partial charge in [0.2, 0.25) is 0 Å². The molecule has 0 aliphatic heterocycles. The minimum atomic E-state index is -1.36. The Labute approximate surface area is 102 Å². The number of hydrogen-bond donors (Lipinski definition) is 3. The molecule has 0 bridgehead atoms. The molecule has 4 N–H and O–H groups in total. The lowest BCUT2D eigenvalue weighted by atomic mass is 10.3. The Morgan fingerprint density at radius 1 is 1.65 bits per heavy atom. The van der Waals surface area contributed by atoms with Gasteiger partial charge in [-0.05, 0) is 12.3 Å². The number of aliphatic hydroxyl groups is 1. The highest BCUT2D eigenvalue weighted by atomic mass is 32.1. The third-order valence-electron chi connectivity index (χ3n) is 1.64. The van der Waals surface area contributed by atoms with Crippen molar-refractivity contribution < 1.29 is 15.0 Å². The van der Waals surface area contributed by atoms with Gasteiger partial charge < -0.3 is 15.9 Å². The van der Waals surface area contributed by atoms with Crippen molar-refractivity contribution >= 4 is 23.3 Å². The number of thiazole rings is 1. The van der Waals surface area contributed by atoms with Crippen LogP contribution in [-0.4, -0.2) is 33.7 Å². The van der Waals surface area contributed by atoms with Crippen molar-refractivity contribution in [1.29, 1.82) is 0 Å². The van der Waals surface area contributed by atoms with Crippen LogP contribution in [0.4, 0.5) is 4.79 Å². The number of nitrogens with zero attached hydrogens (tertiary/aromatic N) is 2. The van der Waals surface area contributed by atoms with Gasteiger partial charge in [-0.1, -0.05) is 5.92 Å². The first-order valence-electron chi connectivity index (χ1n) is 4.76. The van der Waals surface area contributed by atoms with Gasteiger partial charge in [0.15, 0.2) is 10.8 Å². The summed E-state index contributed by atoms with van der Waals surface area (Å²) in [5.74, 6) is 5.49. The van der Waals surface area contributed by atoms with Crippen molar-refractivity contribution in [2.75, 3.05) is 6.61 Å². The van der Waals surface area contributed by atoms with Crippen molar-refractivity contribution in [2.45, 2.75) is 12.8 Å². The predicted molar refractivity (Wildman–Crippen MR) is 64.1 cm³/mol. The molecule has 17 heavy (non-hydrogen) atoms. The molecule has 0 saturated carbocycles. The summed E-state index contributed by atoms with van der Waals surface area (Å²) in [7, 11) is 0. The third-order valence-corrected chi connectivity index (χ3v) is 2.40. The molecule has 0 aliphatic rings. The molecule has 1 aromatic rings. The first kappa shape index (κ1) is 13.2. The maximum atomic E-state index is 10.3. The number of aromatic nitrogens is 1. The van der Waals surface area contributed by atoms with Crippen LogP contribution >= 0.6 is 11.3 Å². The van der Waals surface area contributed by atoms with Crippen LogP contribution in [0.2, 0.25) is 0 Å². The highest BCUT2D eigenvalue weighted by molar-refractivity contribution is 7.10. The molecular weight excluding hydrogens is 242 g/mol. The molecule has 1 aromatic heterocycles. The van der Waals surface area contributed by atoms with Gasteiger partial charge in [0.1, 0.15) is 5.69 Å². The predicted octanol–water partition coefficient (Wildman–Crippen LogP) is 0.650. The van der Waals surface area contributed by atoms with Gasteiger partial charge >= 0.3 is 6.09 Å². The molecule has 0 fully saturated rings. The SMILES string of the molecule is NC(=NC(=O)O)c1csc(C#CCCCO)n1. The number of aliphatic hydroxyl groups excluding tert-OH is 1. The van der Waals surface area contributed by atoms with Crippen LogP contribution in [0, 0.1) is 11.8 Å². The number of hydrogen-bond acceptors (Lipinski definition) is 4. The zero-order valence-corrected chi connectivity index (χ0v) is 9.70. The second kappa shape index (κ2) is 6.62. The van der Waals surface area contributed by atoms with Crippen LogP contribution in [0.1, 0.15) is 23.5 Å². The van der Waals surface area contributed by atoms with Crippen molar-refractivity contribution in [3.8, 4) is 11.8 Å². The third kappa shape index (κ3) is 4.63. The van der Waals surface area contributed by atoms with Crippen molar-refractivity contribution in [1.82, 2.24) is 4.98 Å². The van der Waals surface area contributed by atoms with E-state index in [0.29, 0.717) is 23.5 Å². The fraction of sp³-hybridized carbons (Fsp3) is 0.300. The summed E-state index contributed by atoms with van der Waals surface area (Å²) in [5, 5.41) is 19.1. The van der Waals surface area contributed by atoms with Crippen molar-refractivity contribution in [3.63, 3.8) is 0 Å². The summed E-state index contributed by atoms with van der Waals surface area (Å²) in [4.78, 5) is 17.5. The Hall–Kier alpha value is -1.91. The van der Waals surface area contributed by atoms with Gasteiger partial charge in [-0.15, -0.1) is 11.3 Å². The summed E-state index contributed by atoms with van der Waals surface area (Å²) in [6.45, 7) is 0.107. The monoisotopic (exact) mass is 253 g/mol. The van der Waals surface area contributed by atoms with Crippen LogP contribution < -0.4 is 5.73 Å². The zero-order chi connectivity index (χ0) is 12.7. The van der Waals surface area contributed by atoms with Crippen LogP contribution in [0.25, 0.3) is 0 Å². The Kier molecular flexibility index (Phi) is 5.13. The first-order chi connectivity index (χ1) is 8.13. The molecule has 0 radical (unpaired) electrons. The quantitative estimate of drug-likeness (QED) is 0.317. The number of aliphatic imine (C=N–C) groups is 1. The van der Waals surface area contributed by atoms with E-state index in [4.69, 9.17) is 15.9 Å². The second-order valence-electron chi connectivity index (χ2n) is 2.95. The summed E-state index contributed by atoms with van der Waals surface area (Å²) in [6.07, 6.45) is -0.149. The lowest BCUT2D eigenvalue weighted by molar-refractivity contribution is 0.205. The van der Waals surface area contributed by atoms with Gasteiger partial charge in [-0.3, -0.25) is 0 Å². The number of nitrogens with two attached hydrogens (primary N) is 1. The summed E-state index contributed by atoms with van der Waals surface area (Å²) in [6, 6.07) is 0. The summed E-state index contributed by atoms with van der Waals surface area (Å²) >= 11 is 1.26. The average molecular weight is 253 g/mol. The highest BCUT2D eigenvalue weighted by Crippen LogP contribution is 2.08. The minimum Gasteiger partial charge on any atom is -0.463 e. The maximum Gasteiger partial charge on any atom is 0.433 e. The van der Waals surface area contributed by atoms with Gasteiger partial charge in [0.25, 0.3) is 0 Å². The molecule has 6 nitrogen and oxygen atoms in total. The fourth-order valence-corrected chi connectivity index (χ4v) is 1.59. The van der Waals surface area contributed by atoms with Crippen LogP contribution in [0.3, 0.4) is 0 Å². The molecule has 1 amide bonds. The summed E-state index contributed by atoms with van der Waals surface area (Å²) < 4.78 is 0. The Balaban J connectivity index is 2.70. The fourth-order valence-electron chi connectivity index (χ4n) is 0.915. The van der Waals surface area contributed by atoms with E-state index in [1.165, 1.54) is 11.3 Å². The Morgan fingerprint density at radius 3 is 3.06 bits per heavy atom. The second-order valence-corrected chi connectivity index (χ2v) is 3.80. The molecule has 0 spiro atoms. The van der Waals surface area contributed by atoms with Gasteiger partial charge in [-0.2, -0.15) is 4.99 Å². The van der Waals surface area contributed by atoms with Crippen LogP contribution in [-0.2, 0) is 0 Å². The van der Waals surface area contributed by atoms with E-state index in [2.05, 4.69) is 21.8 Å². The van der Waals surface area contributed by atoms with Crippen molar-refractivity contribution in [3.05, 3.63) is 16.1 Å². The Bertz CT molecular complexity index is 484. The van der Waals surface area contributed by atoms with Gasteiger partial charge in [0, 0.05) is 18.4 Å². The number of amidine groups is 1. The standard InChI is InChI=1S/C10H11N3O3S/c11-9(13-10(15)16)7-6-17-8(12-7)4-2-1-3-5-14/h6,14H,1,3,5H2,(H2,11,13)(H,15,16). The first-order valence-corrected chi connectivity index (χ1v) is 5.64. The molecule has 0 saturated heterocycles. The molecule has 1 rings (SSSR count).